The van der Waals surface area contributed by atoms with E-state index >= 15 is 0 Å². The highest BCUT2D eigenvalue weighted by Crippen LogP contribution is 2.05. The normalized spacial score (nSPS) is 9.85. The van der Waals surface area contributed by atoms with E-state index in [9.17, 15) is 4.79 Å². The van der Waals surface area contributed by atoms with E-state index < -0.39 is 11.7 Å². The summed E-state index contributed by atoms with van der Waals surface area (Å²) in [6.07, 6.45) is 1.29. The molecule has 0 rings (SSSR count). The third-order valence-corrected chi connectivity index (χ3v) is 1.03. The number of rotatable bonds is 1. The molecule has 0 aromatic carbocycles. The minimum atomic E-state index is -0.490. The van der Waals surface area contributed by atoms with Crippen LogP contribution in [0.4, 0.5) is 4.79 Å². The van der Waals surface area contributed by atoms with Gasteiger partial charge < -0.3 is 4.74 Å². The fourth-order valence-corrected chi connectivity index (χ4v) is 0.586. The summed E-state index contributed by atoms with van der Waals surface area (Å²) < 4.78 is 4.97. The average Bonchev–Trinajstić information content (AvgIpc) is 1.94. The van der Waals surface area contributed by atoms with E-state index in [1.165, 1.54) is 0 Å². The Hall–Kier alpha value is -1.17. The summed E-state index contributed by atoms with van der Waals surface area (Å²) in [6, 6.07) is 2.53. The summed E-state index contributed by atoms with van der Waals surface area (Å²) in [7, 11) is 0. The molecule has 74 valence electrons. The Morgan fingerprint density at radius 1 is 1.46 bits per heavy atom. The van der Waals surface area contributed by atoms with Crippen molar-refractivity contribution in [3.05, 3.63) is 0 Å². The Morgan fingerprint density at radius 2 is 2.08 bits per heavy atom. The van der Waals surface area contributed by atoms with E-state index in [4.69, 9.17) is 4.74 Å². The second-order valence-corrected chi connectivity index (χ2v) is 3.68. The van der Waals surface area contributed by atoms with E-state index in [1.54, 1.807) is 0 Å². The molecule has 3 nitrogen and oxygen atoms in total. The smallest absolute Gasteiger partial charge is 0.419 e. The molecule has 0 aliphatic heterocycles. The molecule has 0 aromatic heterocycles. The first-order valence-corrected chi connectivity index (χ1v) is 4.42. The maximum absolute atomic E-state index is 11.0. The molecule has 1 N–H and O–H groups in total. The number of unbranched alkanes of at least 4 members (excludes halogenated alkanes) is 1. The van der Waals surface area contributed by atoms with Crippen LogP contribution in [0.15, 0.2) is 0 Å². The lowest BCUT2D eigenvalue weighted by atomic mass is 10.2. The molecule has 1 amide bonds. The molecule has 0 atom stereocenters. The molecule has 0 heterocycles. The highest BCUT2D eigenvalue weighted by molar-refractivity contribution is 5.69. The molecular weight excluding hydrogens is 166 g/mol. The lowest BCUT2D eigenvalue weighted by molar-refractivity contribution is 0.0557. The van der Waals surface area contributed by atoms with Crippen molar-refractivity contribution < 1.29 is 9.53 Å². The second kappa shape index (κ2) is 5.47. The van der Waals surface area contributed by atoms with Crippen LogP contribution in [-0.4, -0.2) is 11.7 Å². The predicted octanol–water partition coefficient (Wildman–Crippen LogP) is 2.27. The molecule has 0 saturated carbocycles. The van der Waals surface area contributed by atoms with Crippen molar-refractivity contribution in [2.75, 3.05) is 0 Å². The third-order valence-electron chi connectivity index (χ3n) is 1.03. The maximum Gasteiger partial charge on any atom is 0.419 e. The van der Waals surface area contributed by atoms with Crippen LogP contribution in [0.2, 0.25) is 0 Å². The van der Waals surface area contributed by atoms with Crippen LogP contribution in [0.25, 0.3) is 0 Å². The SMILES string of the molecule is CCCC#CNC(=O)OC(C)(C)C. The summed E-state index contributed by atoms with van der Waals surface area (Å²) in [5.74, 6) is 2.79. The van der Waals surface area contributed by atoms with Crippen LogP contribution in [0.3, 0.4) is 0 Å². The van der Waals surface area contributed by atoms with Crippen LogP contribution < -0.4 is 5.32 Å². The van der Waals surface area contributed by atoms with Crippen LogP contribution in [-0.2, 0) is 4.74 Å². The van der Waals surface area contributed by atoms with Crippen LogP contribution >= 0.6 is 0 Å². The van der Waals surface area contributed by atoms with Gasteiger partial charge in [0.1, 0.15) is 5.60 Å². The molecule has 0 fully saturated rings. The van der Waals surface area contributed by atoms with Gasteiger partial charge in [0.15, 0.2) is 0 Å². The topological polar surface area (TPSA) is 38.3 Å². The predicted molar refractivity (Wildman–Crippen MR) is 52.1 cm³/mol. The van der Waals surface area contributed by atoms with Gasteiger partial charge in [-0.05, 0) is 27.2 Å². The lowest BCUT2D eigenvalue weighted by Gasteiger charge is -2.18. The number of hydrogen-bond donors (Lipinski definition) is 1. The molecule has 0 aromatic rings. The van der Waals surface area contributed by atoms with Crippen LogP contribution in [0.5, 0.6) is 0 Å². The van der Waals surface area contributed by atoms with Gasteiger partial charge in [-0.25, -0.2) is 10.1 Å². The van der Waals surface area contributed by atoms with Gasteiger partial charge in [-0.1, -0.05) is 12.8 Å². The molecule has 3 heteroatoms. The molecule has 0 aliphatic carbocycles. The summed E-state index contributed by atoms with van der Waals surface area (Å²) in [6.45, 7) is 7.46. The summed E-state index contributed by atoms with van der Waals surface area (Å²) >= 11 is 0. The molecule has 0 radical (unpaired) electrons. The lowest BCUT2D eigenvalue weighted by Crippen LogP contribution is -2.29. The Bertz CT molecular complexity index is 217. The quantitative estimate of drug-likeness (QED) is 0.500. The monoisotopic (exact) mass is 183 g/mol. The van der Waals surface area contributed by atoms with Crippen LogP contribution in [0, 0.1) is 12.0 Å². The Kier molecular flexibility index (Phi) is 4.98. The second-order valence-electron chi connectivity index (χ2n) is 3.68. The van der Waals surface area contributed by atoms with Crippen molar-refractivity contribution >= 4 is 6.09 Å². The van der Waals surface area contributed by atoms with Crippen molar-refractivity contribution in [3.63, 3.8) is 0 Å². The van der Waals surface area contributed by atoms with E-state index in [-0.39, 0.29) is 0 Å². The summed E-state index contributed by atoms with van der Waals surface area (Å²) in [5, 5.41) is 2.35. The number of nitrogens with one attached hydrogen (secondary N) is 1. The number of carbonyl (C=O) groups is 1. The third kappa shape index (κ3) is 8.74. The molecule has 0 bridgehead atoms. The van der Waals surface area contributed by atoms with Gasteiger partial charge in [0.05, 0.1) is 0 Å². The molecule has 0 saturated heterocycles. The molecule has 13 heavy (non-hydrogen) atoms. The molecule has 0 spiro atoms. The first-order chi connectivity index (χ1) is 5.95. The van der Waals surface area contributed by atoms with E-state index in [0.29, 0.717) is 0 Å². The Balaban J connectivity index is 3.72. The number of hydrogen-bond acceptors (Lipinski definition) is 2. The van der Waals surface area contributed by atoms with Gasteiger partial charge in [-0.2, -0.15) is 0 Å². The van der Waals surface area contributed by atoms with Gasteiger partial charge in [0.2, 0.25) is 0 Å². The van der Waals surface area contributed by atoms with Crippen molar-refractivity contribution in [1.82, 2.24) is 5.32 Å². The highest BCUT2D eigenvalue weighted by atomic mass is 16.6. The zero-order chi connectivity index (χ0) is 10.3. The molecule has 0 aliphatic rings. The summed E-state index contributed by atoms with van der Waals surface area (Å²) in [4.78, 5) is 11.0. The van der Waals surface area contributed by atoms with Crippen molar-refractivity contribution in [1.29, 1.82) is 0 Å². The van der Waals surface area contributed by atoms with Crippen LogP contribution in [0.1, 0.15) is 40.5 Å². The zero-order valence-electron chi connectivity index (χ0n) is 8.73. The number of carbonyl (C=O) groups excluding carboxylic acids is 1. The molecule has 0 unspecified atom stereocenters. The molecular formula is C10H17NO2. The summed E-state index contributed by atoms with van der Waals surface area (Å²) in [5.41, 5.74) is -0.462. The van der Waals surface area contributed by atoms with Gasteiger partial charge in [-0.3, -0.25) is 0 Å². The van der Waals surface area contributed by atoms with Gasteiger partial charge in [0.25, 0.3) is 0 Å². The Morgan fingerprint density at radius 3 is 2.54 bits per heavy atom. The number of amides is 1. The zero-order valence-corrected chi connectivity index (χ0v) is 8.73. The van der Waals surface area contributed by atoms with Crippen molar-refractivity contribution in [3.8, 4) is 12.0 Å². The number of ether oxygens (including phenoxy) is 1. The van der Waals surface area contributed by atoms with Gasteiger partial charge >= 0.3 is 6.09 Å². The van der Waals surface area contributed by atoms with E-state index in [2.05, 4.69) is 17.3 Å². The van der Waals surface area contributed by atoms with Gasteiger partial charge in [0, 0.05) is 12.5 Å². The highest BCUT2D eigenvalue weighted by Gasteiger charge is 2.14. The standard InChI is InChI=1S/C10H17NO2/c1-5-6-7-8-11-9(12)13-10(2,3)4/h5-6H2,1-4H3,(H,11,12). The van der Waals surface area contributed by atoms with Crippen molar-refractivity contribution in [2.45, 2.75) is 46.1 Å². The maximum atomic E-state index is 11.0. The number of alkyl carbamates (subject to hydrolysis) is 1. The fourth-order valence-electron chi connectivity index (χ4n) is 0.586. The fraction of sp³-hybridized carbons (Fsp3) is 0.700. The average molecular weight is 183 g/mol. The Labute approximate surface area is 79.8 Å². The van der Waals surface area contributed by atoms with Gasteiger partial charge in [-0.15, -0.1) is 0 Å². The minimum absolute atomic E-state index is 0.462. The first-order valence-electron chi connectivity index (χ1n) is 4.42. The largest absolute Gasteiger partial charge is 0.443 e. The van der Waals surface area contributed by atoms with E-state index in [0.717, 1.165) is 12.8 Å². The first kappa shape index (κ1) is 11.8. The van der Waals surface area contributed by atoms with Crippen molar-refractivity contribution in [2.24, 2.45) is 0 Å². The van der Waals surface area contributed by atoms with E-state index in [1.807, 2.05) is 27.7 Å². The minimum Gasteiger partial charge on any atom is -0.443 e.